The molecule has 58 heavy (non-hydrogen) atoms. The molecular weight excluding hydrogens is 697 g/mol. The third-order valence-electron chi connectivity index (χ3n) is 11.8. The Labute approximate surface area is 338 Å². The van der Waals surface area contributed by atoms with E-state index in [1.165, 1.54) is 109 Å². The Kier molecular flexibility index (Phi) is 8.26. The van der Waals surface area contributed by atoms with E-state index in [1.807, 2.05) is 0 Å². The van der Waals surface area contributed by atoms with E-state index < -0.39 is 0 Å². The fourth-order valence-electron chi connectivity index (χ4n) is 9.01. The molecule has 0 atom stereocenters. The lowest BCUT2D eigenvalue weighted by Gasteiger charge is -2.20. The minimum absolute atomic E-state index is 1.19. The summed E-state index contributed by atoms with van der Waals surface area (Å²) in [6.07, 6.45) is 4.36. The molecule has 0 aromatic heterocycles. The predicted octanol–water partition coefficient (Wildman–Crippen LogP) is 16.3. The maximum Gasteiger partial charge on any atom is -0.00199 e. The summed E-state index contributed by atoms with van der Waals surface area (Å²) in [5.74, 6) is 0. The number of fused-ring (bicyclic) bond motifs is 5. The van der Waals surface area contributed by atoms with Gasteiger partial charge in [-0.2, -0.15) is 0 Å². The van der Waals surface area contributed by atoms with Gasteiger partial charge in [-0.3, -0.25) is 0 Å². The molecule has 0 N–H and O–H groups in total. The van der Waals surface area contributed by atoms with Gasteiger partial charge in [0.15, 0.2) is 0 Å². The standard InChI is InChI=1S/C58H38/c1-2-13-39(14-3-1)27-28-40-15-10-20-43(35-40)44-29-30-46-37-47(32-31-45(46)36-44)48-33-34-55-56(38-48)58(52-26-12-19-42-17-5-7-22-50(42)52)54-24-9-8-23-53(54)57(55)51-25-11-18-41-16-4-6-21-49(41)51/h1-38H. The molecule has 0 heterocycles. The van der Waals surface area contributed by atoms with Crippen molar-refractivity contribution in [3.05, 3.63) is 230 Å². The van der Waals surface area contributed by atoms with Crippen molar-refractivity contribution in [3.63, 3.8) is 0 Å². The van der Waals surface area contributed by atoms with E-state index in [4.69, 9.17) is 0 Å². The minimum atomic E-state index is 1.19. The first-order chi connectivity index (χ1) is 28.7. The van der Waals surface area contributed by atoms with Crippen LogP contribution in [-0.4, -0.2) is 0 Å². The van der Waals surface area contributed by atoms with Crippen LogP contribution in [0.4, 0.5) is 0 Å². The summed E-state index contributed by atoms with van der Waals surface area (Å²) in [6.45, 7) is 0. The molecule has 11 aromatic rings. The first kappa shape index (κ1) is 33.8. The van der Waals surface area contributed by atoms with Gasteiger partial charge in [-0.15, -0.1) is 0 Å². The number of hydrogen-bond acceptors (Lipinski definition) is 0. The lowest BCUT2D eigenvalue weighted by Crippen LogP contribution is -1.93. The Bertz CT molecular complexity index is 3370. The van der Waals surface area contributed by atoms with Crippen molar-refractivity contribution in [2.75, 3.05) is 0 Å². The van der Waals surface area contributed by atoms with Crippen molar-refractivity contribution in [1.29, 1.82) is 0 Å². The highest BCUT2D eigenvalue weighted by Crippen LogP contribution is 2.47. The molecule has 0 nitrogen and oxygen atoms in total. The molecule has 0 spiro atoms. The van der Waals surface area contributed by atoms with Gasteiger partial charge in [0.25, 0.3) is 0 Å². The molecule has 0 heteroatoms. The van der Waals surface area contributed by atoms with Gasteiger partial charge >= 0.3 is 0 Å². The largest absolute Gasteiger partial charge is 0.0622 e. The summed E-state index contributed by atoms with van der Waals surface area (Å²) < 4.78 is 0. The Morgan fingerprint density at radius 2 is 0.655 bits per heavy atom. The quantitative estimate of drug-likeness (QED) is 0.118. The molecule has 0 fully saturated rings. The maximum absolute atomic E-state index is 2.44. The summed E-state index contributed by atoms with van der Waals surface area (Å²) in [5, 5.41) is 12.5. The molecule has 11 rings (SSSR count). The smallest absolute Gasteiger partial charge is 0.00199 e. The summed E-state index contributed by atoms with van der Waals surface area (Å²) in [4.78, 5) is 0. The zero-order valence-electron chi connectivity index (χ0n) is 31.9. The number of hydrogen-bond donors (Lipinski definition) is 0. The van der Waals surface area contributed by atoms with Crippen LogP contribution in [0.25, 0.3) is 111 Å². The Morgan fingerprint density at radius 1 is 0.224 bits per heavy atom. The molecule has 0 bridgehead atoms. The highest BCUT2D eigenvalue weighted by molar-refractivity contribution is 6.25. The van der Waals surface area contributed by atoms with Crippen LogP contribution in [0.5, 0.6) is 0 Å². The van der Waals surface area contributed by atoms with E-state index in [2.05, 4.69) is 231 Å². The van der Waals surface area contributed by atoms with Crippen LogP contribution in [0, 0.1) is 0 Å². The fourth-order valence-corrected chi connectivity index (χ4v) is 9.01. The second kappa shape index (κ2) is 14.2. The molecule has 11 aromatic carbocycles. The minimum Gasteiger partial charge on any atom is -0.0622 e. The Balaban J connectivity index is 1.08. The van der Waals surface area contributed by atoms with E-state index in [0.29, 0.717) is 0 Å². The predicted molar refractivity (Wildman–Crippen MR) is 251 cm³/mol. The van der Waals surface area contributed by atoms with Crippen molar-refractivity contribution >= 4 is 66.0 Å². The third-order valence-corrected chi connectivity index (χ3v) is 11.8. The maximum atomic E-state index is 2.44. The summed E-state index contributed by atoms with van der Waals surface area (Å²) in [6, 6.07) is 80.1. The topological polar surface area (TPSA) is 0 Å². The average molecular weight is 735 g/mol. The van der Waals surface area contributed by atoms with Gasteiger partial charge in [0.1, 0.15) is 0 Å². The van der Waals surface area contributed by atoms with Crippen LogP contribution < -0.4 is 0 Å². The van der Waals surface area contributed by atoms with E-state index in [9.17, 15) is 0 Å². The third kappa shape index (κ3) is 5.95. The zero-order valence-corrected chi connectivity index (χ0v) is 31.9. The van der Waals surface area contributed by atoms with E-state index in [1.54, 1.807) is 0 Å². The first-order valence-corrected chi connectivity index (χ1v) is 20.1. The highest BCUT2D eigenvalue weighted by Gasteiger charge is 2.20. The van der Waals surface area contributed by atoms with Crippen LogP contribution in [0.3, 0.4) is 0 Å². The van der Waals surface area contributed by atoms with Gasteiger partial charge < -0.3 is 0 Å². The van der Waals surface area contributed by atoms with Gasteiger partial charge in [-0.25, -0.2) is 0 Å². The van der Waals surface area contributed by atoms with Crippen molar-refractivity contribution in [2.24, 2.45) is 0 Å². The van der Waals surface area contributed by atoms with Gasteiger partial charge in [-0.05, 0) is 134 Å². The highest BCUT2D eigenvalue weighted by atomic mass is 14.2. The molecule has 0 aliphatic heterocycles. The zero-order chi connectivity index (χ0) is 38.4. The van der Waals surface area contributed by atoms with Crippen molar-refractivity contribution in [3.8, 4) is 44.5 Å². The van der Waals surface area contributed by atoms with E-state index in [-0.39, 0.29) is 0 Å². The SMILES string of the molecule is C(=Cc1cccc(-c2ccc3cc(-c4ccc5c(-c6cccc7ccccc67)c6ccccc6c(-c6cccc7ccccc67)c5c4)ccc3c2)c1)c1ccccc1. The molecule has 0 radical (unpaired) electrons. The number of benzene rings is 11. The van der Waals surface area contributed by atoms with Gasteiger partial charge in [0.05, 0.1) is 0 Å². The summed E-state index contributed by atoms with van der Waals surface area (Å²) in [7, 11) is 0. The number of rotatable bonds is 6. The fraction of sp³-hybridized carbons (Fsp3) is 0. The van der Waals surface area contributed by atoms with E-state index >= 15 is 0 Å². The van der Waals surface area contributed by atoms with E-state index in [0.717, 1.165) is 0 Å². The Morgan fingerprint density at radius 3 is 1.29 bits per heavy atom. The molecule has 0 saturated carbocycles. The summed E-state index contributed by atoms with van der Waals surface area (Å²) >= 11 is 0. The van der Waals surface area contributed by atoms with Crippen LogP contribution in [-0.2, 0) is 0 Å². The van der Waals surface area contributed by atoms with Crippen LogP contribution >= 0.6 is 0 Å². The van der Waals surface area contributed by atoms with Gasteiger partial charge in [0.2, 0.25) is 0 Å². The van der Waals surface area contributed by atoms with Crippen molar-refractivity contribution in [2.45, 2.75) is 0 Å². The van der Waals surface area contributed by atoms with Crippen LogP contribution in [0.15, 0.2) is 218 Å². The molecule has 0 amide bonds. The monoisotopic (exact) mass is 734 g/mol. The van der Waals surface area contributed by atoms with Crippen molar-refractivity contribution < 1.29 is 0 Å². The molecule has 0 aliphatic rings. The lowest BCUT2D eigenvalue weighted by atomic mass is 9.83. The summed E-state index contributed by atoms with van der Waals surface area (Å²) in [5.41, 5.74) is 12.3. The molecular formula is C58H38. The first-order valence-electron chi connectivity index (χ1n) is 20.1. The van der Waals surface area contributed by atoms with Gasteiger partial charge in [-0.1, -0.05) is 206 Å². The van der Waals surface area contributed by atoms with Crippen molar-refractivity contribution in [1.82, 2.24) is 0 Å². The molecule has 0 saturated heterocycles. The Hall–Kier alpha value is -7.54. The van der Waals surface area contributed by atoms with Crippen LogP contribution in [0.2, 0.25) is 0 Å². The lowest BCUT2D eigenvalue weighted by molar-refractivity contribution is 1.61. The molecule has 0 aliphatic carbocycles. The average Bonchev–Trinajstić information content (AvgIpc) is 3.30. The normalized spacial score (nSPS) is 11.7. The molecule has 0 unspecified atom stereocenters. The van der Waals surface area contributed by atoms with Crippen LogP contribution in [0.1, 0.15) is 11.1 Å². The second-order valence-corrected chi connectivity index (χ2v) is 15.3. The van der Waals surface area contributed by atoms with Gasteiger partial charge in [0, 0.05) is 0 Å². The second-order valence-electron chi connectivity index (χ2n) is 15.3. The molecule has 270 valence electrons.